The van der Waals surface area contributed by atoms with Gasteiger partial charge in [-0.05, 0) is 37.1 Å². The van der Waals surface area contributed by atoms with E-state index < -0.39 is 9.84 Å². The predicted octanol–water partition coefficient (Wildman–Crippen LogP) is 2.91. The number of nitrogens with zero attached hydrogens (tertiary/aromatic N) is 1. The molecule has 0 spiro atoms. The molecular weight excluding hydrogens is 350 g/mol. The van der Waals surface area contributed by atoms with E-state index >= 15 is 0 Å². The maximum Gasteiger partial charge on any atom is 0.254 e. The number of amides is 1. The number of ether oxygens (including phenoxy) is 1. The summed E-state index contributed by atoms with van der Waals surface area (Å²) in [5.74, 6) is 0.626. The maximum absolute atomic E-state index is 13.2. The highest BCUT2D eigenvalue weighted by Gasteiger charge is 2.35. The average Bonchev–Trinajstić information content (AvgIpc) is 3.00. The van der Waals surface area contributed by atoms with Crippen molar-refractivity contribution in [2.75, 3.05) is 18.1 Å². The Morgan fingerprint density at radius 1 is 1.15 bits per heavy atom. The summed E-state index contributed by atoms with van der Waals surface area (Å²) in [7, 11) is -3.08. The highest BCUT2D eigenvalue weighted by molar-refractivity contribution is 7.91. The Morgan fingerprint density at radius 2 is 1.92 bits per heavy atom. The van der Waals surface area contributed by atoms with E-state index in [2.05, 4.69) is 0 Å². The van der Waals surface area contributed by atoms with Crippen LogP contribution in [0.5, 0.6) is 5.75 Å². The number of carbonyl (C=O) groups excluding carboxylic acids is 1. The molecule has 1 atom stereocenters. The molecule has 0 aliphatic carbocycles. The van der Waals surface area contributed by atoms with Crippen LogP contribution in [0.4, 0.5) is 0 Å². The Balaban J connectivity index is 1.89. The molecule has 1 fully saturated rings. The van der Waals surface area contributed by atoms with E-state index in [4.69, 9.17) is 4.74 Å². The van der Waals surface area contributed by atoms with Gasteiger partial charge in [-0.3, -0.25) is 4.79 Å². The zero-order chi connectivity index (χ0) is 18.6. The van der Waals surface area contributed by atoms with Crippen LogP contribution in [0.1, 0.15) is 29.3 Å². The second kappa shape index (κ2) is 7.91. The fraction of sp³-hybridized carbons (Fsp3) is 0.350. The Labute approximate surface area is 154 Å². The molecule has 0 saturated carbocycles. The summed E-state index contributed by atoms with van der Waals surface area (Å²) in [6.45, 7) is 2.80. The van der Waals surface area contributed by atoms with E-state index in [0.29, 0.717) is 30.9 Å². The lowest BCUT2D eigenvalue weighted by Gasteiger charge is -2.28. The van der Waals surface area contributed by atoms with Gasteiger partial charge in [0.25, 0.3) is 5.91 Å². The van der Waals surface area contributed by atoms with Gasteiger partial charge in [0.1, 0.15) is 5.75 Å². The number of rotatable bonds is 6. The summed E-state index contributed by atoms with van der Waals surface area (Å²) < 4.78 is 29.4. The van der Waals surface area contributed by atoms with Gasteiger partial charge in [-0.2, -0.15) is 0 Å². The quantitative estimate of drug-likeness (QED) is 0.781. The van der Waals surface area contributed by atoms with Gasteiger partial charge in [0.05, 0.1) is 18.1 Å². The van der Waals surface area contributed by atoms with E-state index in [0.717, 1.165) is 5.56 Å². The van der Waals surface area contributed by atoms with Crippen LogP contribution in [0.3, 0.4) is 0 Å². The zero-order valence-electron chi connectivity index (χ0n) is 14.8. The topological polar surface area (TPSA) is 63.7 Å². The molecule has 0 aromatic heterocycles. The molecule has 6 heteroatoms. The molecular formula is C20H23NO4S. The van der Waals surface area contributed by atoms with Crippen LogP contribution < -0.4 is 4.74 Å². The Kier molecular flexibility index (Phi) is 5.61. The summed E-state index contributed by atoms with van der Waals surface area (Å²) in [5.41, 5.74) is 1.49. The molecule has 2 aromatic rings. The smallest absolute Gasteiger partial charge is 0.254 e. The molecule has 26 heavy (non-hydrogen) atoms. The zero-order valence-corrected chi connectivity index (χ0v) is 15.6. The number of benzene rings is 2. The standard InChI is InChI=1S/C20H23NO4S/c1-2-25-19-10-6-9-17(13-19)20(22)21(14-16-7-4-3-5-8-16)18-11-12-26(23,24)15-18/h3-10,13,18H,2,11-12,14-15H2,1H3/t18-/m0/s1. The first kappa shape index (κ1) is 18.5. The third kappa shape index (κ3) is 4.43. The van der Waals surface area contributed by atoms with Crippen LogP contribution in [-0.2, 0) is 16.4 Å². The minimum Gasteiger partial charge on any atom is -0.494 e. The van der Waals surface area contributed by atoms with E-state index in [1.165, 1.54) is 0 Å². The van der Waals surface area contributed by atoms with E-state index in [-0.39, 0.29) is 23.5 Å². The molecule has 2 aromatic carbocycles. The van der Waals surface area contributed by atoms with Crippen LogP contribution in [0.2, 0.25) is 0 Å². The van der Waals surface area contributed by atoms with E-state index in [9.17, 15) is 13.2 Å². The molecule has 0 bridgehead atoms. The van der Waals surface area contributed by atoms with Crippen molar-refractivity contribution >= 4 is 15.7 Å². The molecule has 1 amide bonds. The van der Waals surface area contributed by atoms with Gasteiger partial charge in [0.2, 0.25) is 0 Å². The molecule has 1 aliphatic heterocycles. The fourth-order valence-corrected chi connectivity index (χ4v) is 4.95. The lowest BCUT2D eigenvalue weighted by atomic mass is 10.1. The summed E-state index contributed by atoms with van der Waals surface area (Å²) in [5, 5.41) is 0. The van der Waals surface area contributed by atoms with Crippen molar-refractivity contribution in [3.8, 4) is 5.75 Å². The lowest BCUT2D eigenvalue weighted by molar-refractivity contribution is 0.0680. The van der Waals surface area contributed by atoms with Gasteiger partial charge in [0, 0.05) is 18.2 Å². The molecule has 1 aliphatic rings. The molecule has 5 nitrogen and oxygen atoms in total. The van der Waals surface area contributed by atoms with Gasteiger partial charge in [-0.15, -0.1) is 0 Å². The monoisotopic (exact) mass is 373 g/mol. The largest absolute Gasteiger partial charge is 0.494 e. The first-order valence-corrected chi connectivity index (χ1v) is 10.6. The summed E-state index contributed by atoms with van der Waals surface area (Å²) in [6, 6.07) is 16.4. The van der Waals surface area contributed by atoms with Crippen LogP contribution in [0.15, 0.2) is 54.6 Å². The highest BCUT2D eigenvalue weighted by Crippen LogP contribution is 2.23. The highest BCUT2D eigenvalue weighted by atomic mass is 32.2. The van der Waals surface area contributed by atoms with Gasteiger partial charge < -0.3 is 9.64 Å². The Morgan fingerprint density at radius 3 is 2.58 bits per heavy atom. The predicted molar refractivity (Wildman–Crippen MR) is 101 cm³/mol. The van der Waals surface area contributed by atoms with Crippen LogP contribution >= 0.6 is 0 Å². The van der Waals surface area contributed by atoms with Gasteiger partial charge >= 0.3 is 0 Å². The van der Waals surface area contributed by atoms with Crippen molar-refractivity contribution in [2.24, 2.45) is 0 Å². The van der Waals surface area contributed by atoms with Crippen LogP contribution in [0, 0.1) is 0 Å². The molecule has 0 unspecified atom stereocenters. The van der Waals surface area contributed by atoms with Crippen LogP contribution in [0.25, 0.3) is 0 Å². The van der Waals surface area contributed by atoms with Crippen molar-refractivity contribution < 1.29 is 17.9 Å². The van der Waals surface area contributed by atoms with Gasteiger partial charge in [-0.1, -0.05) is 36.4 Å². The normalized spacial score (nSPS) is 18.4. The first-order valence-electron chi connectivity index (χ1n) is 8.76. The average molecular weight is 373 g/mol. The van der Waals surface area contributed by atoms with E-state index in [1.54, 1.807) is 23.1 Å². The van der Waals surface area contributed by atoms with E-state index in [1.807, 2.05) is 43.3 Å². The van der Waals surface area contributed by atoms with Gasteiger partial charge in [0.15, 0.2) is 9.84 Å². The third-order valence-corrected chi connectivity index (χ3v) is 6.25. The lowest BCUT2D eigenvalue weighted by Crippen LogP contribution is -2.40. The first-order chi connectivity index (χ1) is 12.5. The number of carbonyl (C=O) groups is 1. The van der Waals surface area contributed by atoms with Gasteiger partial charge in [-0.25, -0.2) is 8.42 Å². The van der Waals surface area contributed by atoms with Crippen molar-refractivity contribution in [1.29, 1.82) is 0 Å². The number of hydrogen-bond donors (Lipinski definition) is 0. The second-order valence-corrected chi connectivity index (χ2v) is 8.67. The maximum atomic E-state index is 13.2. The molecule has 3 rings (SSSR count). The van der Waals surface area contributed by atoms with Crippen molar-refractivity contribution in [2.45, 2.75) is 25.9 Å². The molecule has 0 radical (unpaired) electrons. The number of hydrogen-bond acceptors (Lipinski definition) is 4. The summed E-state index contributed by atoms with van der Waals surface area (Å²) in [6.07, 6.45) is 0.478. The number of sulfone groups is 1. The second-order valence-electron chi connectivity index (χ2n) is 6.44. The summed E-state index contributed by atoms with van der Waals surface area (Å²) >= 11 is 0. The van der Waals surface area contributed by atoms with Crippen molar-refractivity contribution in [3.63, 3.8) is 0 Å². The van der Waals surface area contributed by atoms with Crippen LogP contribution in [-0.4, -0.2) is 43.4 Å². The molecule has 1 saturated heterocycles. The molecule has 1 heterocycles. The summed E-state index contributed by atoms with van der Waals surface area (Å²) in [4.78, 5) is 14.9. The van der Waals surface area contributed by atoms with Crippen molar-refractivity contribution in [3.05, 3.63) is 65.7 Å². The Bertz CT molecular complexity index is 864. The fourth-order valence-electron chi connectivity index (χ4n) is 3.22. The third-order valence-electron chi connectivity index (χ3n) is 4.50. The minimum absolute atomic E-state index is 0.0245. The van der Waals surface area contributed by atoms with Crippen molar-refractivity contribution in [1.82, 2.24) is 4.90 Å². The molecule has 0 N–H and O–H groups in total. The Hall–Kier alpha value is -2.34. The molecule has 138 valence electrons. The minimum atomic E-state index is -3.08. The SMILES string of the molecule is CCOc1cccc(C(=O)N(Cc2ccccc2)[C@H]2CCS(=O)(=O)C2)c1.